The summed E-state index contributed by atoms with van der Waals surface area (Å²) in [5, 5.41) is 0. The van der Waals surface area contributed by atoms with Gasteiger partial charge in [0.15, 0.2) is 0 Å². The van der Waals surface area contributed by atoms with Gasteiger partial charge in [-0.25, -0.2) is 27.5 Å². The summed E-state index contributed by atoms with van der Waals surface area (Å²) in [7, 11) is -3.64. The van der Waals surface area contributed by atoms with E-state index in [0.29, 0.717) is 35.4 Å². The van der Waals surface area contributed by atoms with Gasteiger partial charge >= 0.3 is 0 Å². The van der Waals surface area contributed by atoms with Gasteiger partial charge in [-0.2, -0.15) is 0 Å². The number of amides is 1. The Hall–Kier alpha value is -3.53. The van der Waals surface area contributed by atoms with Gasteiger partial charge in [0, 0.05) is 23.3 Å². The van der Waals surface area contributed by atoms with Crippen LogP contribution in [0.1, 0.15) is 28.8 Å². The van der Waals surface area contributed by atoms with Crippen molar-refractivity contribution in [1.82, 2.24) is 14.7 Å². The van der Waals surface area contributed by atoms with Gasteiger partial charge in [0.1, 0.15) is 24.5 Å². The zero-order valence-corrected chi connectivity index (χ0v) is 18.6. The SMILES string of the molecule is CS(=O)(=O)NC(=O)c1ccc(COc2cc(F)cc(-c3cc(OCC4CC4)ncn3)c2)cc1. The van der Waals surface area contributed by atoms with E-state index in [4.69, 9.17) is 9.47 Å². The number of halogens is 1. The molecule has 0 aliphatic heterocycles. The van der Waals surface area contributed by atoms with Crippen molar-refractivity contribution >= 4 is 15.9 Å². The van der Waals surface area contributed by atoms with Crippen LogP contribution in [-0.4, -0.2) is 37.2 Å². The molecule has 1 saturated carbocycles. The molecule has 0 unspecified atom stereocenters. The molecule has 172 valence electrons. The lowest BCUT2D eigenvalue weighted by Crippen LogP contribution is -2.29. The maximum Gasteiger partial charge on any atom is 0.264 e. The predicted octanol–water partition coefficient (Wildman–Crippen LogP) is 3.34. The molecule has 3 aromatic rings. The highest BCUT2D eigenvalue weighted by Crippen LogP contribution is 2.30. The molecule has 0 bridgehead atoms. The van der Waals surface area contributed by atoms with Gasteiger partial charge in [0.25, 0.3) is 5.91 Å². The van der Waals surface area contributed by atoms with Crippen LogP contribution in [0, 0.1) is 11.7 Å². The van der Waals surface area contributed by atoms with E-state index in [1.54, 1.807) is 24.3 Å². The average Bonchev–Trinajstić information content (AvgIpc) is 3.60. The monoisotopic (exact) mass is 471 g/mol. The molecular weight excluding hydrogens is 449 g/mol. The van der Waals surface area contributed by atoms with E-state index in [9.17, 15) is 17.6 Å². The van der Waals surface area contributed by atoms with Crippen LogP contribution in [0.4, 0.5) is 4.39 Å². The van der Waals surface area contributed by atoms with E-state index in [2.05, 4.69) is 9.97 Å². The largest absolute Gasteiger partial charge is 0.489 e. The van der Waals surface area contributed by atoms with E-state index in [0.717, 1.165) is 11.8 Å². The van der Waals surface area contributed by atoms with Crippen LogP contribution < -0.4 is 14.2 Å². The number of ether oxygens (including phenoxy) is 2. The van der Waals surface area contributed by atoms with Crippen molar-refractivity contribution in [2.75, 3.05) is 12.9 Å². The summed E-state index contributed by atoms with van der Waals surface area (Å²) in [6, 6.07) is 12.2. The molecule has 0 radical (unpaired) electrons. The van der Waals surface area contributed by atoms with Crippen molar-refractivity contribution in [3.63, 3.8) is 0 Å². The fourth-order valence-corrected chi connectivity index (χ4v) is 3.46. The number of carbonyl (C=O) groups is 1. The first kappa shape index (κ1) is 22.7. The number of benzene rings is 2. The molecule has 1 N–H and O–H groups in total. The number of rotatable bonds is 9. The minimum absolute atomic E-state index is 0.121. The molecular formula is C23H22FN3O5S. The zero-order valence-electron chi connectivity index (χ0n) is 17.8. The lowest BCUT2D eigenvalue weighted by atomic mass is 10.1. The lowest BCUT2D eigenvalue weighted by Gasteiger charge is -2.10. The number of carbonyl (C=O) groups excluding carboxylic acids is 1. The third-order valence-corrected chi connectivity index (χ3v) is 5.43. The van der Waals surface area contributed by atoms with Gasteiger partial charge in [0.05, 0.1) is 18.6 Å². The molecule has 0 spiro atoms. The molecule has 1 aliphatic rings. The van der Waals surface area contributed by atoms with E-state index in [-0.39, 0.29) is 12.2 Å². The van der Waals surface area contributed by atoms with Crippen molar-refractivity contribution in [2.24, 2.45) is 5.92 Å². The van der Waals surface area contributed by atoms with Crippen LogP contribution in [0.2, 0.25) is 0 Å². The molecule has 1 fully saturated rings. The number of nitrogens with one attached hydrogen (secondary N) is 1. The third kappa shape index (κ3) is 6.72. The van der Waals surface area contributed by atoms with E-state index >= 15 is 0 Å². The molecule has 1 aromatic heterocycles. The smallest absolute Gasteiger partial charge is 0.264 e. The van der Waals surface area contributed by atoms with Gasteiger partial charge in [-0.15, -0.1) is 0 Å². The van der Waals surface area contributed by atoms with E-state index in [1.807, 2.05) is 4.72 Å². The quantitative estimate of drug-likeness (QED) is 0.510. The van der Waals surface area contributed by atoms with Gasteiger partial charge < -0.3 is 9.47 Å². The number of sulfonamides is 1. The Kier molecular flexibility index (Phi) is 6.55. The van der Waals surface area contributed by atoms with Crippen LogP contribution >= 0.6 is 0 Å². The zero-order chi connectivity index (χ0) is 23.4. The second-order valence-electron chi connectivity index (χ2n) is 7.86. The summed E-state index contributed by atoms with van der Waals surface area (Å²) >= 11 is 0. The first-order chi connectivity index (χ1) is 15.7. The third-order valence-electron chi connectivity index (χ3n) is 4.87. The summed E-state index contributed by atoms with van der Waals surface area (Å²) in [5.41, 5.74) is 1.95. The molecule has 1 heterocycles. The number of hydrogen-bond acceptors (Lipinski definition) is 7. The molecule has 1 aliphatic carbocycles. The summed E-state index contributed by atoms with van der Waals surface area (Å²) in [6.07, 6.45) is 4.62. The highest BCUT2D eigenvalue weighted by Gasteiger charge is 2.22. The van der Waals surface area contributed by atoms with Crippen molar-refractivity contribution in [1.29, 1.82) is 0 Å². The normalized spacial score (nSPS) is 13.4. The molecule has 1 amide bonds. The summed E-state index contributed by atoms with van der Waals surface area (Å²) < 4.78 is 49.9. The highest BCUT2D eigenvalue weighted by atomic mass is 32.2. The van der Waals surface area contributed by atoms with E-state index in [1.165, 1.54) is 43.4 Å². The van der Waals surface area contributed by atoms with Crippen molar-refractivity contribution < 1.29 is 27.1 Å². The Labute approximate surface area is 190 Å². The molecule has 4 rings (SSSR count). The van der Waals surface area contributed by atoms with Gasteiger partial charge in [-0.3, -0.25) is 4.79 Å². The maximum atomic E-state index is 14.2. The van der Waals surface area contributed by atoms with Gasteiger partial charge in [-0.1, -0.05) is 12.1 Å². The number of nitrogens with zero attached hydrogens (tertiary/aromatic N) is 2. The summed E-state index contributed by atoms with van der Waals surface area (Å²) in [4.78, 5) is 20.2. The van der Waals surface area contributed by atoms with Crippen LogP contribution in [-0.2, 0) is 16.6 Å². The summed E-state index contributed by atoms with van der Waals surface area (Å²) in [6.45, 7) is 0.735. The molecule has 8 nitrogen and oxygen atoms in total. The van der Waals surface area contributed by atoms with Crippen molar-refractivity contribution in [3.8, 4) is 22.9 Å². The predicted molar refractivity (Wildman–Crippen MR) is 119 cm³/mol. The van der Waals surface area contributed by atoms with Crippen LogP contribution in [0.3, 0.4) is 0 Å². The van der Waals surface area contributed by atoms with Crippen molar-refractivity contribution in [2.45, 2.75) is 19.4 Å². The molecule has 10 heteroatoms. The molecule has 2 aromatic carbocycles. The van der Waals surface area contributed by atoms with Crippen LogP contribution in [0.25, 0.3) is 11.3 Å². The Morgan fingerprint density at radius 3 is 2.55 bits per heavy atom. The van der Waals surface area contributed by atoms with Crippen LogP contribution in [0.15, 0.2) is 54.9 Å². The first-order valence-electron chi connectivity index (χ1n) is 10.2. The lowest BCUT2D eigenvalue weighted by molar-refractivity contribution is 0.0981. The van der Waals surface area contributed by atoms with E-state index < -0.39 is 21.7 Å². The maximum absolute atomic E-state index is 14.2. The Balaban J connectivity index is 1.42. The van der Waals surface area contributed by atoms with Crippen LogP contribution in [0.5, 0.6) is 11.6 Å². The average molecular weight is 472 g/mol. The topological polar surface area (TPSA) is 107 Å². The first-order valence-corrected chi connectivity index (χ1v) is 12.1. The molecule has 33 heavy (non-hydrogen) atoms. The second-order valence-corrected chi connectivity index (χ2v) is 9.61. The fourth-order valence-electron chi connectivity index (χ4n) is 3.00. The minimum atomic E-state index is -3.64. The van der Waals surface area contributed by atoms with Gasteiger partial charge in [0.2, 0.25) is 15.9 Å². The second kappa shape index (κ2) is 9.53. The van der Waals surface area contributed by atoms with Gasteiger partial charge in [-0.05, 0) is 48.6 Å². The fraction of sp³-hybridized carbons (Fsp3) is 0.261. The number of hydrogen-bond donors (Lipinski definition) is 1. The standard InChI is InChI=1S/C23H22FN3O5S/c1-33(29,30)27-23(28)17-6-4-16(5-7-17)12-31-20-9-18(8-19(24)10-20)21-11-22(26-14-25-21)32-13-15-2-3-15/h4-11,14-15H,2-3,12-13H2,1H3,(H,27,28). The molecule has 0 atom stereocenters. The highest BCUT2D eigenvalue weighted by molar-refractivity contribution is 7.89. The number of aromatic nitrogens is 2. The Morgan fingerprint density at radius 2 is 1.85 bits per heavy atom. The minimum Gasteiger partial charge on any atom is -0.489 e. The Morgan fingerprint density at radius 1 is 1.09 bits per heavy atom. The summed E-state index contributed by atoms with van der Waals surface area (Å²) in [5.74, 6) is 0.140. The van der Waals surface area contributed by atoms with Crippen molar-refractivity contribution in [3.05, 3.63) is 71.8 Å². The molecule has 0 saturated heterocycles. The Bertz CT molecular complexity index is 1260.